The molecule has 20 heavy (non-hydrogen) atoms. The zero-order chi connectivity index (χ0) is 14.0. The van der Waals surface area contributed by atoms with Crippen LogP contribution in [0.2, 0.25) is 0 Å². The first-order chi connectivity index (χ1) is 9.68. The number of imidazole rings is 1. The van der Waals surface area contributed by atoms with Gasteiger partial charge in [0.2, 0.25) is 0 Å². The summed E-state index contributed by atoms with van der Waals surface area (Å²) in [6, 6.07) is 8.50. The first-order valence-electron chi connectivity index (χ1n) is 7.20. The van der Waals surface area contributed by atoms with Crippen molar-refractivity contribution in [2.45, 2.75) is 31.9 Å². The molecule has 1 aromatic carbocycles. The van der Waals surface area contributed by atoms with Crippen LogP contribution in [0.4, 0.5) is 0 Å². The van der Waals surface area contributed by atoms with Gasteiger partial charge in [-0.2, -0.15) is 0 Å². The molecule has 1 aromatic heterocycles. The van der Waals surface area contributed by atoms with E-state index in [0.717, 1.165) is 38.2 Å². The van der Waals surface area contributed by atoms with Gasteiger partial charge in [-0.3, -0.25) is 4.90 Å². The molecule has 1 saturated heterocycles. The summed E-state index contributed by atoms with van der Waals surface area (Å²) >= 11 is 0. The van der Waals surface area contributed by atoms with Crippen molar-refractivity contribution in [2.24, 2.45) is 0 Å². The van der Waals surface area contributed by atoms with Gasteiger partial charge < -0.3 is 9.67 Å². The van der Waals surface area contributed by atoms with Crippen LogP contribution in [-0.2, 0) is 6.54 Å². The predicted octanol–water partition coefficient (Wildman–Crippen LogP) is 2.22. The Kier molecular flexibility index (Phi) is 3.59. The van der Waals surface area contributed by atoms with E-state index in [0.29, 0.717) is 0 Å². The highest BCUT2D eigenvalue weighted by atomic mass is 16.3. The Morgan fingerprint density at radius 1 is 1.25 bits per heavy atom. The van der Waals surface area contributed by atoms with Crippen LogP contribution < -0.4 is 0 Å². The second-order valence-corrected chi connectivity index (χ2v) is 5.76. The van der Waals surface area contributed by atoms with Crippen molar-refractivity contribution in [3.63, 3.8) is 0 Å². The van der Waals surface area contributed by atoms with Crippen LogP contribution in [0, 0.1) is 0 Å². The van der Waals surface area contributed by atoms with Crippen LogP contribution >= 0.6 is 0 Å². The van der Waals surface area contributed by atoms with E-state index in [-0.39, 0.29) is 0 Å². The first-order valence-corrected chi connectivity index (χ1v) is 7.20. The van der Waals surface area contributed by atoms with Gasteiger partial charge in [-0.25, -0.2) is 4.98 Å². The molecule has 0 bridgehead atoms. The highest BCUT2D eigenvalue weighted by Gasteiger charge is 2.39. The minimum Gasteiger partial charge on any atom is -0.387 e. The topological polar surface area (TPSA) is 41.3 Å². The number of rotatable bonds is 5. The molecule has 0 amide bonds. The Hall–Kier alpha value is -1.65. The molecule has 0 radical (unpaired) electrons. The Balaban J connectivity index is 1.57. The summed E-state index contributed by atoms with van der Waals surface area (Å²) in [6.07, 6.45) is 7.47. The van der Waals surface area contributed by atoms with E-state index in [1.807, 2.05) is 10.8 Å². The molecule has 4 heteroatoms. The van der Waals surface area contributed by atoms with Gasteiger partial charge in [0.15, 0.2) is 0 Å². The molecule has 0 aliphatic carbocycles. The smallest absolute Gasteiger partial charge is 0.0991 e. The molecule has 1 fully saturated rings. The monoisotopic (exact) mass is 271 g/mol. The first kappa shape index (κ1) is 13.3. The van der Waals surface area contributed by atoms with E-state index in [4.69, 9.17) is 0 Å². The van der Waals surface area contributed by atoms with Gasteiger partial charge in [0.05, 0.1) is 11.9 Å². The summed E-state index contributed by atoms with van der Waals surface area (Å²) in [6.45, 7) is 4.62. The largest absolute Gasteiger partial charge is 0.387 e. The maximum absolute atomic E-state index is 10.2. The van der Waals surface area contributed by atoms with Crippen molar-refractivity contribution in [1.82, 2.24) is 14.5 Å². The molecule has 3 rings (SSSR count). The van der Waals surface area contributed by atoms with Gasteiger partial charge in [0.25, 0.3) is 0 Å². The van der Waals surface area contributed by atoms with Gasteiger partial charge >= 0.3 is 0 Å². The van der Waals surface area contributed by atoms with Crippen molar-refractivity contribution in [2.75, 3.05) is 13.1 Å². The zero-order valence-electron chi connectivity index (χ0n) is 11.9. The second-order valence-electron chi connectivity index (χ2n) is 5.76. The van der Waals surface area contributed by atoms with E-state index < -0.39 is 5.60 Å². The van der Waals surface area contributed by atoms with Crippen LogP contribution in [0.25, 0.3) is 5.69 Å². The molecular formula is C16H21N3O. The number of hydrogen-bond donors (Lipinski definition) is 1. The van der Waals surface area contributed by atoms with Crippen molar-refractivity contribution >= 4 is 0 Å². The number of benzene rings is 1. The number of aromatic nitrogens is 2. The van der Waals surface area contributed by atoms with E-state index in [2.05, 4.69) is 41.1 Å². The number of likely N-dealkylation sites (tertiary alicyclic amines) is 1. The van der Waals surface area contributed by atoms with E-state index in [1.54, 1.807) is 12.5 Å². The summed E-state index contributed by atoms with van der Waals surface area (Å²) in [7, 11) is 0. The average Bonchev–Trinajstić information content (AvgIpc) is 2.92. The van der Waals surface area contributed by atoms with E-state index >= 15 is 0 Å². The summed E-state index contributed by atoms with van der Waals surface area (Å²) in [5, 5.41) is 10.2. The fraction of sp³-hybridized carbons (Fsp3) is 0.438. The van der Waals surface area contributed by atoms with Crippen molar-refractivity contribution in [3.05, 3.63) is 48.5 Å². The minimum absolute atomic E-state index is 0.439. The molecule has 0 unspecified atom stereocenters. The third-order valence-corrected chi connectivity index (χ3v) is 3.90. The number of hydrogen-bond acceptors (Lipinski definition) is 3. The lowest BCUT2D eigenvalue weighted by atomic mass is 9.89. The van der Waals surface area contributed by atoms with E-state index in [9.17, 15) is 5.11 Å². The maximum atomic E-state index is 10.2. The quantitative estimate of drug-likeness (QED) is 0.906. The van der Waals surface area contributed by atoms with Crippen LogP contribution in [0.5, 0.6) is 0 Å². The molecule has 0 spiro atoms. The summed E-state index contributed by atoms with van der Waals surface area (Å²) < 4.78 is 1.99. The summed E-state index contributed by atoms with van der Waals surface area (Å²) in [4.78, 5) is 6.35. The lowest BCUT2D eigenvalue weighted by Gasteiger charge is -2.46. The molecule has 0 atom stereocenters. The average molecular weight is 271 g/mol. The third kappa shape index (κ3) is 2.76. The molecule has 1 aliphatic heterocycles. The second kappa shape index (κ2) is 5.38. The molecule has 4 nitrogen and oxygen atoms in total. The third-order valence-electron chi connectivity index (χ3n) is 3.90. The Labute approximate surface area is 119 Å². The number of nitrogens with zero attached hydrogens (tertiary/aromatic N) is 3. The number of β-amino-alcohol motifs (C(OH)–C–C–N with tert-alkyl or cyclic N) is 1. The highest BCUT2D eigenvalue weighted by molar-refractivity contribution is 5.34. The Bertz CT molecular complexity index is 542. The Morgan fingerprint density at radius 3 is 2.60 bits per heavy atom. The van der Waals surface area contributed by atoms with Crippen molar-refractivity contribution in [3.8, 4) is 5.69 Å². The fourth-order valence-corrected chi connectivity index (χ4v) is 2.96. The van der Waals surface area contributed by atoms with Crippen LogP contribution in [0.1, 0.15) is 25.3 Å². The fourth-order valence-electron chi connectivity index (χ4n) is 2.96. The zero-order valence-corrected chi connectivity index (χ0v) is 11.9. The lowest BCUT2D eigenvalue weighted by Crippen LogP contribution is -2.60. The minimum atomic E-state index is -0.439. The van der Waals surface area contributed by atoms with Crippen molar-refractivity contribution < 1.29 is 5.11 Å². The summed E-state index contributed by atoms with van der Waals surface area (Å²) in [5.41, 5.74) is 1.97. The van der Waals surface area contributed by atoms with Crippen LogP contribution in [-0.4, -0.2) is 38.2 Å². The van der Waals surface area contributed by atoms with Gasteiger partial charge in [0, 0.05) is 37.7 Å². The molecular weight excluding hydrogens is 250 g/mol. The van der Waals surface area contributed by atoms with Gasteiger partial charge in [-0.15, -0.1) is 0 Å². The Morgan fingerprint density at radius 2 is 2.00 bits per heavy atom. The van der Waals surface area contributed by atoms with Crippen LogP contribution in [0.3, 0.4) is 0 Å². The van der Waals surface area contributed by atoms with Crippen LogP contribution in [0.15, 0.2) is 43.0 Å². The maximum Gasteiger partial charge on any atom is 0.0991 e. The molecule has 0 saturated carbocycles. The highest BCUT2D eigenvalue weighted by Crippen LogP contribution is 2.27. The molecule has 1 aliphatic rings. The predicted molar refractivity (Wildman–Crippen MR) is 78.7 cm³/mol. The molecule has 2 heterocycles. The molecule has 1 N–H and O–H groups in total. The van der Waals surface area contributed by atoms with Gasteiger partial charge in [0.1, 0.15) is 0 Å². The van der Waals surface area contributed by atoms with E-state index in [1.165, 1.54) is 5.56 Å². The lowest BCUT2D eigenvalue weighted by molar-refractivity contribution is -0.106. The summed E-state index contributed by atoms with van der Waals surface area (Å²) in [5.74, 6) is 0. The SMILES string of the molecule is CCCC1(O)CN(Cc2ccc(-n3ccnc3)cc2)C1. The van der Waals surface area contributed by atoms with Gasteiger partial charge in [-0.05, 0) is 24.1 Å². The van der Waals surface area contributed by atoms with Gasteiger partial charge in [-0.1, -0.05) is 25.5 Å². The molecule has 106 valence electrons. The van der Waals surface area contributed by atoms with Crippen molar-refractivity contribution in [1.29, 1.82) is 0 Å². The standard InChI is InChI=1S/C16H21N3O/c1-2-7-16(20)11-18(12-16)10-14-3-5-15(6-4-14)19-9-8-17-13-19/h3-6,8-9,13,20H,2,7,10-12H2,1H3. The number of aliphatic hydroxyl groups is 1. The molecule has 2 aromatic rings. The normalized spacial score (nSPS) is 17.9.